The molecule has 0 bridgehead atoms. The summed E-state index contributed by atoms with van der Waals surface area (Å²) >= 11 is 3.79. The Morgan fingerprint density at radius 1 is 1.27 bits per heavy atom. The van der Waals surface area contributed by atoms with Gasteiger partial charge in [-0.3, -0.25) is 4.79 Å². The van der Waals surface area contributed by atoms with Gasteiger partial charge in [-0.05, 0) is 24.9 Å². The van der Waals surface area contributed by atoms with E-state index in [2.05, 4.69) is 6.92 Å². The molecule has 3 nitrogen and oxygen atoms in total. The Balaban J connectivity index is 3.30. The minimum absolute atomic E-state index is 0.277. The molecule has 0 aromatic carbocycles. The summed E-state index contributed by atoms with van der Waals surface area (Å²) in [7, 11) is 0. The predicted molar refractivity (Wildman–Crippen MR) is 69.5 cm³/mol. The van der Waals surface area contributed by atoms with Crippen molar-refractivity contribution in [1.82, 2.24) is 0 Å². The monoisotopic (exact) mass is 251 g/mol. The Hall–Kier alpha value is 0.130. The lowest BCUT2D eigenvalue weighted by molar-refractivity contribution is -0.144. The Morgan fingerprint density at radius 3 is 2.53 bits per heavy atom. The minimum Gasteiger partial charge on any atom is -0.465 e. The van der Waals surface area contributed by atoms with Gasteiger partial charge in [0.05, 0.1) is 6.61 Å². The van der Waals surface area contributed by atoms with Crippen molar-refractivity contribution in [2.45, 2.75) is 26.3 Å². The first-order valence-corrected chi connectivity index (χ1v) is 7.61. The maximum absolute atomic E-state index is 11.1. The van der Waals surface area contributed by atoms with E-state index < -0.39 is 6.04 Å². The molecule has 1 atom stereocenters. The molecule has 0 radical (unpaired) electrons. The van der Waals surface area contributed by atoms with Crippen LogP contribution in [-0.2, 0) is 9.53 Å². The van der Waals surface area contributed by atoms with Crippen LogP contribution in [0, 0.1) is 0 Å². The van der Waals surface area contributed by atoms with Gasteiger partial charge in [-0.2, -0.15) is 23.5 Å². The van der Waals surface area contributed by atoms with Crippen LogP contribution in [0.15, 0.2) is 0 Å². The fourth-order valence-electron chi connectivity index (χ4n) is 0.942. The van der Waals surface area contributed by atoms with Crippen molar-refractivity contribution in [3.05, 3.63) is 0 Å². The minimum atomic E-state index is -0.448. The molecule has 90 valence electrons. The molecule has 0 aliphatic carbocycles. The molecule has 0 aliphatic heterocycles. The normalized spacial score (nSPS) is 12.5. The molecule has 0 amide bonds. The lowest BCUT2D eigenvalue weighted by Gasteiger charge is -2.09. The van der Waals surface area contributed by atoms with Crippen LogP contribution in [0.25, 0.3) is 0 Å². The van der Waals surface area contributed by atoms with Gasteiger partial charge in [-0.1, -0.05) is 6.92 Å². The van der Waals surface area contributed by atoms with Gasteiger partial charge in [0, 0.05) is 11.5 Å². The highest BCUT2D eigenvalue weighted by molar-refractivity contribution is 8.02. The number of carbonyl (C=O) groups is 1. The third kappa shape index (κ3) is 9.08. The summed E-state index contributed by atoms with van der Waals surface area (Å²) < 4.78 is 4.82. The van der Waals surface area contributed by atoms with Crippen LogP contribution in [0.1, 0.15) is 20.3 Å². The molecular formula is C10H21NO2S2. The Labute approximate surface area is 101 Å². The zero-order chi connectivity index (χ0) is 11.5. The van der Waals surface area contributed by atoms with E-state index in [1.807, 2.05) is 23.5 Å². The van der Waals surface area contributed by atoms with Crippen molar-refractivity contribution in [1.29, 1.82) is 0 Å². The number of hydrogen-bond donors (Lipinski definition) is 1. The summed E-state index contributed by atoms with van der Waals surface area (Å²) in [6.45, 7) is 4.36. The Kier molecular flexibility index (Phi) is 10.7. The molecule has 0 saturated carbocycles. The van der Waals surface area contributed by atoms with Gasteiger partial charge in [0.1, 0.15) is 6.04 Å². The molecule has 0 saturated heterocycles. The molecule has 0 aliphatic rings. The summed E-state index contributed by atoms with van der Waals surface area (Å²) in [5.74, 6) is 4.14. The largest absolute Gasteiger partial charge is 0.465 e. The van der Waals surface area contributed by atoms with Crippen LogP contribution in [0.3, 0.4) is 0 Å². The summed E-state index contributed by atoms with van der Waals surface area (Å²) in [6, 6.07) is -0.448. The topological polar surface area (TPSA) is 52.3 Å². The van der Waals surface area contributed by atoms with E-state index in [4.69, 9.17) is 10.5 Å². The van der Waals surface area contributed by atoms with E-state index in [0.29, 0.717) is 13.0 Å². The molecule has 0 heterocycles. The van der Waals surface area contributed by atoms with Gasteiger partial charge < -0.3 is 10.5 Å². The number of thioether (sulfide) groups is 2. The van der Waals surface area contributed by atoms with Crippen molar-refractivity contribution < 1.29 is 9.53 Å². The van der Waals surface area contributed by atoms with Gasteiger partial charge in [0.15, 0.2) is 0 Å². The van der Waals surface area contributed by atoms with Crippen molar-refractivity contribution in [2.24, 2.45) is 5.73 Å². The third-order valence-electron chi connectivity index (χ3n) is 1.74. The number of hydrogen-bond acceptors (Lipinski definition) is 5. The highest BCUT2D eigenvalue weighted by Gasteiger charge is 2.13. The van der Waals surface area contributed by atoms with E-state index in [0.717, 1.165) is 11.5 Å². The number of carbonyl (C=O) groups excluding carboxylic acids is 1. The van der Waals surface area contributed by atoms with Crippen molar-refractivity contribution in [3.63, 3.8) is 0 Å². The maximum atomic E-state index is 11.1. The fraction of sp³-hybridized carbons (Fsp3) is 0.900. The molecule has 15 heavy (non-hydrogen) atoms. The number of nitrogens with two attached hydrogens (primary N) is 1. The van der Waals surface area contributed by atoms with Crippen LogP contribution < -0.4 is 5.73 Å². The zero-order valence-electron chi connectivity index (χ0n) is 9.53. The highest BCUT2D eigenvalue weighted by Crippen LogP contribution is 2.08. The summed E-state index contributed by atoms with van der Waals surface area (Å²) in [5.41, 5.74) is 5.65. The van der Waals surface area contributed by atoms with Gasteiger partial charge in [-0.15, -0.1) is 0 Å². The lowest BCUT2D eigenvalue weighted by Crippen LogP contribution is -2.32. The van der Waals surface area contributed by atoms with E-state index in [9.17, 15) is 4.79 Å². The van der Waals surface area contributed by atoms with E-state index in [1.54, 1.807) is 6.92 Å². The lowest BCUT2D eigenvalue weighted by atomic mass is 10.2. The van der Waals surface area contributed by atoms with Crippen LogP contribution in [0.5, 0.6) is 0 Å². The van der Waals surface area contributed by atoms with Gasteiger partial charge in [0.25, 0.3) is 0 Å². The summed E-state index contributed by atoms with van der Waals surface area (Å²) in [5, 5.41) is 0. The van der Waals surface area contributed by atoms with Gasteiger partial charge in [-0.25, -0.2) is 0 Å². The first-order valence-electron chi connectivity index (χ1n) is 5.30. The number of rotatable bonds is 9. The molecule has 5 heteroatoms. The fourth-order valence-corrected chi connectivity index (χ4v) is 2.80. The average Bonchev–Trinajstić information content (AvgIpc) is 2.23. The van der Waals surface area contributed by atoms with E-state index in [-0.39, 0.29) is 5.97 Å². The van der Waals surface area contributed by atoms with Crippen molar-refractivity contribution in [3.8, 4) is 0 Å². The predicted octanol–water partition coefficient (Wildman–Crippen LogP) is 1.75. The second-order valence-electron chi connectivity index (χ2n) is 2.96. The Morgan fingerprint density at radius 2 is 1.93 bits per heavy atom. The Bertz CT molecular complexity index is 168. The van der Waals surface area contributed by atoms with Crippen LogP contribution in [0.4, 0.5) is 0 Å². The molecule has 0 aromatic rings. The number of ether oxygens (including phenoxy) is 1. The quantitative estimate of drug-likeness (QED) is 0.500. The van der Waals surface area contributed by atoms with Gasteiger partial charge >= 0.3 is 5.97 Å². The van der Waals surface area contributed by atoms with E-state index in [1.165, 1.54) is 11.5 Å². The maximum Gasteiger partial charge on any atom is 0.322 e. The average molecular weight is 251 g/mol. The highest BCUT2D eigenvalue weighted by atomic mass is 32.2. The van der Waals surface area contributed by atoms with E-state index >= 15 is 0 Å². The third-order valence-corrected chi connectivity index (χ3v) is 3.92. The molecule has 2 N–H and O–H groups in total. The first kappa shape index (κ1) is 15.1. The first-order chi connectivity index (χ1) is 7.22. The molecule has 0 fully saturated rings. The molecular weight excluding hydrogens is 230 g/mol. The van der Waals surface area contributed by atoms with Crippen molar-refractivity contribution in [2.75, 3.05) is 29.6 Å². The smallest absolute Gasteiger partial charge is 0.322 e. The SMILES string of the molecule is CCOC(=O)C(N)CCSCCSCC. The summed E-state index contributed by atoms with van der Waals surface area (Å²) in [4.78, 5) is 11.1. The second kappa shape index (κ2) is 10.6. The zero-order valence-corrected chi connectivity index (χ0v) is 11.2. The molecule has 0 spiro atoms. The summed E-state index contributed by atoms with van der Waals surface area (Å²) in [6.07, 6.45) is 0.709. The molecule has 0 rings (SSSR count). The van der Waals surface area contributed by atoms with Crippen LogP contribution in [0.2, 0.25) is 0 Å². The second-order valence-corrected chi connectivity index (χ2v) is 5.58. The van der Waals surface area contributed by atoms with Gasteiger partial charge in [0.2, 0.25) is 0 Å². The molecule has 0 aromatic heterocycles. The molecule has 1 unspecified atom stereocenters. The van der Waals surface area contributed by atoms with Crippen LogP contribution in [-0.4, -0.2) is 41.6 Å². The number of esters is 1. The van der Waals surface area contributed by atoms with Crippen LogP contribution >= 0.6 is 23.5 Å². The van der Waals surface area contributed by atoms with Crippen molar-refractivity contribution >= 4 is 29.5 Å². The standard InChI is InChI=1S/C10H21NO2S2/c1-3-13-10(12)9(11)5-6-15-8-7-14-4-2/h9H,3-8,11H2,1-2H3.